The first kappa shape index (κ1) is 18.9. The Morgan fingerprint density at radius 1 is 1.17 bits per heavy atom. The molecule has 2 aromatic heterocycles. The van der Waals surface area contributed by atoms with E-state index in [4.69, 9.17) is 9.15 Å². The molecule has 0 bridgehead atoms. The minimum absolute atomic E-state index is 0.284. The monoisotopic (exact) mass is 408 g/mol. The lowest BCUT2D eigenvalue weighted by Gasteiger charge is -2.04. The quantitative estimate of drug-likeness (QED) is 0.395. The third kappa shape index (κ3) is 4.04. The molecule has 0 fully saturated rings. The van der Waals surface area contributed by atoms with E-state index in [0.717, 1.165) is 11.1 Å². The Balaban J connectivity index is 1.54. The highest BCUT2D eigenvalue weighted by Crippen LogP contribution is 2.25. The molecule has 8 nitrogen and oxygen atoms in total. The molecule has 0 saturated heterocycles. The normalized spacial score (nSPS) is 11.0. The molecule has 0 unspecified atom stereocenters. The second-order valence-electron chi connectivity index (χ2n) is 6.26. The van der Waals surface area contributed by atoms with Gasteiger partial charge in [0.2, 0.25) is 5.89 Å². The molecule has 0 atom stereocenters. The Labute approximate surface area is 169 Å². The van der Waals surface area contributed by atoms with Gasteiger partial charge in [-0.05, 0) is 37.3 Å². The number of nitrogens with one attached hydrogen (secondary N) is 1. The lowest BCUT2D eigenvalue weighted by molar-refractivity contribution is 0.0601. The summed E-state index contributed by atoms with van der Waals surface area (Å²) in [6.07, 6.45) is 0. The Morgan fingerprint density at radius 3 is 2.72 bits per heavy atom. The van der Waals surface area contributed by atoms with Gasteiger partial charge in [-0.3, -0.25) is 4.79 Å². The average Bonchev–Trinajstić information content (AvgIpc) is 3.21. The van der Waals surface area contributed by atoms with E-state index in [9.17, 15) is 9.59 Å². The van der Waals surface area contributed by atoms with Crippen molar-refractivity contribution in [1.29, 1.82) is 0 Å². The van der Waals surface area contributed by atoms with Crippen LogP contribution < -0.4 is 5.56 Å². The predicted molar refractivity (Wildman–Crippen MR) is 108 cm³/mol. The summed E-state index contributed by atoms with van der Waals surface area (Å²) in [6, 6.07) is 12.4. The van der Waals surface area contributed by atoms with Crippen molar-refractivity contribution in [1.82, 2.24) is 20.2 Å². The summed E-state index contributed by atoms with van der Waals surface area (Å²) < 4.78 is 10.4. The van der Waals surface area contributed by atoms with E-state index in [1.807, 2.05) is 31.2 Å². The number of rotatable bonds is 5. The Bertz CT molecular complexity index is 1250. The van der Waals surface area contributed by atoms with Gasteiger partial charge < -0.3 is 14.1 Å². The lowest BCUT2D eigenvalue weighted by atomic mass is 10.1. The fraction of sp³-hybridized carbons (Fsp3) is 0.150. The summed E-state index contributed by atoms with van der Waals surface area (Å²) in [6.45, 7) is 2.00. The fourth-order valence-corrected chi connectivity index (χ4v) is 3.35. The third-order valence-corrected chi connectivity index (χ3v) is 5.04. The van der Waals surface area contributed by atoms with Gasteiger partial charge >= 0.3 is 5.97 Å². The molecule has 1 N–H and O–H groups in total. The van der Waals surface area contributed by atoms with Crippen molar-refractivity contribution < 1.29 is 13.9 Å². The zero-order chi connectivity index (χ0) is 20.4. The Morgan fingerprint density at radius 2 is 1.97 bits per heavy atom. The number of aromatic amines is 1. The first-order valence-corrected chi connectivity index (χ1v) is 9.66. The molecule has 0 aliphatic rings. The number of aryl methyl sites for hydroxylation is 1. The maximum absolute atomic E-state index is 12.3. The predicted octanol–water partition coefficient (Wildman–Crippen LogP) is 3.36. The number of hydrogen-bond acceptors (Lipinski definition) is 8. The number of aromatic nitrogens is 4. The largest absolute Gasteiger partial charge is 0.465 e. The summed E-state index contributed by atoms with van der Waals surface area (Å²) in [5.41, 5.74) is 2.44. The van der Waals surface area contributed by atoms with Gasteiger partial charge in [-0.1, -0.05) is 29.5 Å². The molecule has 0 spiro atoms. The van der Waals surface area contributed by atoms with Gasteiger partial charge in [0.1, 0.15) is 5.82 Å². The van der Waals surface area contributed by atoms with Gasteiger partial charge in [0, 0.05) is 5.56 Å². The zero-order valence-electron chi connectivity index (χ0n) is 15.6. The molecule has 2 aromatic carbocycles. The first-order chi connectivity index (χ1) is 14.0. The highest BCUT2D eigenvalue weighted by atomic mass is 32.2. The molecule has 0 saturated carbocycles. The fourth-order valence-electron chi connectivity index (χ4n) is 2.71. The molecule has 29 heavy (non-hydrogen) atoms. The summed E-state index contributed by atoms with van der Waals surface area (Å²) in [5, 5.41) is 8.85. The van der Waals surface area contributed by atoms with Crippen molar-refractivity contribution in [2.24, 2.45) is 0 Å². The van der Waals surface area contributed by atoms with E-state index in [1.165, 1.54) is 31.0 Å². The maximum atomic E-state index is 12.3. The van der Waals surface area contributed by atoms with Crippen LogP contribution in [-0.4, -0.2) is 33.2 Å². The minimum atomic E-state index is -0.487. The summed E-state index contributed by atoms with van der Waals surface area (Å²) >= 11 is 1.26. The lowest BCUT2D eigenvalue weighted by Crippen LogP contribution is -2.12. The summed E-state index contributed by atoms with van der Waals surface area (Å²) in [7, 11) is 1.30. The standard InChI is InChI=1S/C20H16N4O4S/c1-11-3-5-12(6-4-11)18-23-24-20(28-18)29-10-16-21-15-9-13(19(26)27-2)7-8-14(15)17(25)22-16/h3-9H,10H2,1-2H3,(H,21,22,25). The number of ether oxygens (including phenoxy) is 1. The number of carbonyl (C=O) groups excluding carboxylic acids is 1. The van der Waals surface area contributed by atoms with Gasteiger partial charge in [-0.25, -0.2) is 9.78 Å². The van der Waals surface area contributed by atoms with Crippen molar-refractivity contribution >= 4 is 28.6 Å². The Kier molecular flexibility index (Phi) is 5.13. The Hall–Kier alpha value is -3.46. The highest BCUT2D eigenvalue weighted by Gasteiger charge is 2.12. The van der Waals surface area contributed by atoms with Crippen molar-refractivity contribution in [2.75, 3.05) is 7.11 Å². The zero-order valence-corrected chi connectivity index (χ0v) is 16.4. The van der Waals surface area contributed by atoms with Gasteiger partial charge in [0.05, 0.1) is 29.3 Å². The first-order valence-electron chi connectivity index (χ1n) is 8.68. The van der Waals surface area contributed by atoms with E-state index < -0.39 is 5.97 Å². The van der Waals surface area contributed by atoms with Crippen LogP contribution in [0.15, 0.2) is 56.9 Å². The van der Waals surface area contributed by atoms with Gasteiger partial charge in [-0.2, -0.15) is 0 Å². The molecule has 4 rings (SSSR count). The smallest absolute Gasteiger partial charge is 0.337 e. The second kappa shape index (κ2) is 7.88. The second-order valence-corrected chi connectivity index (χ2v) is 7.19. The number of esters is 1. The van der Waals surface area contributed by atoms with Gasteiger partial charge in [0.25, 0.3) is 10.8 Å². The van der Waals surface area contributed by atoms with Crippen LogP contribution in [0.3, 0.4) is 0 Å². The number of carbonyl (C=O) groups is 1. The van der Waals surface area contributed by atoms with Gasteiger partial charge in [-0.15, -0.1) is 10.2 Å². The number of fused-ring (bicyclic) bond motifs is 1. The number of nitrogens with zero attached hydrogens (tertiary/aromatic N) is 3. The minimum Gasteiger partial charge on any atom is -0.465 e. The van der Waals surface area contributed by atoms with E-state index in [-0.39, 0.29) is 5.56 Å². The van der Waals surface area contributed by atoms with E-state index in [2.05, 4.69) is 20.2 Å². The van der Waals surface area contributed by atoms with Crippen LogP contribution in [0, 0.1) is 6.92 Å². The van der Waals surface area contributed by atoms with Crippen molar-refractivity contribution in [2.45, 2.75) is 17.9 Å². The van der Waals surface area contributed by atoms with Crippen molar-refractivity contribution in [3.05, 3.63) is 69.8 Å². The number of methoxy groups -OCH3 is 1. The number of hydrogen-bond donors (Lipinski definition) is 1. The molecular formula is C20H16N4O4S. The summed E-state index contributed by atoms with van der Waals surface area (Å²) in [5.74, 6) is 0.697. The molecule has 0 amide bonds. The number of H-pyrrole nitrogens is 1. The maximum Gasteiger partial charge on any atom is 0.337 e. The third-order valence-electron chi connectivity index (χ3n) is 4.21. The van der Waals surface area contributed by atoms with Crippen LogP contribution >= 0.6 is 11.8 Å². The van der Waals surface area contributed by atoms with Crippen LogP contribution in [0.25, 0.3) is 22.4 Å². The topological polar surface area (TPSA) is 111 Å². The van der Waals surface area contributed by atoms with Crippen LogP contribution in [0.4, 0.5) is 0 Å². The van der Waals surface area contributed by atoms with Crippen molar-refractivity contribution in [3.8, 4) is 11.5 Å². The number of benzene rings is 2. The molecule has 0 radical (unpaired) electrons. The molecule has 146 valence electrons. The van der Waals surface area contributed by atoms with E-state index in [1.54, 1.807) is 6.07 Å². The molecular weight excluding hydrogens is 392 g/mol. The molecule has 9 heteroatoms. The summed E-state index contributed by atoms with van der Waals surface area (Å²) in [4.78, 5) is 31.2. The highest BCUT2D eigenvalue weighted by molar-refractivity contribution is 7.98. The van der Waals surface area contributed by atoms with Crippen molar-refractivity contribution in [3.63, 3.8) is 0 Å². The van der Waals surface area contributed by atoms with E-state index >= 15 is 0 Å². The molecule has 2 heterocycles. The van der Waals surface area contributed by atoms with E-state index in [0.29, 0.717) is 39.2 Å². The van der Waals surface area contributed by atoms with Crippen LogP contribution in [0.5, 0.6) is 0 Å². The van der Waals surface area contributed by atoms with Crippen LogP contribution in [0.2, 0.25) is 0 Å². The average molecular weight is 408 g/mol. The number of thioether (sulfide) groups is 1. The molecule has 0 aliphatic heterocycles. The van der Waals surface area contributed by atoms with Gasteiger partial charge in [0.15, 0.2) is 0 Å². The molecule has 0 aliphatic carbocycles. The van der Waals surface area contributed by atoms with Crippen LogP contribution in [0.1, 0.15) is 21.7 Å². The molecule has 4 aromatic rings. The SMILES string of the molecule is COC(=O)c1ccc2c(=O)[nH]c(CSc3nnc(-c4ccc(C)cc4)o3)nc2c1. The van der Waals surface area contributed by atoms with Crippen LogP contribution in [-0.2, 0) is 10.5 Å².